The van der Waals surface area contributed by atoms with Crippen LogP contribution in [0.4, 0.5) is 5.69 Å². The summed E-state index contributed by atoms with van der Waals surface area (Å²) in [4.78, 5) is 15.5. The van der Waals surface area contributed by atoms with Crippen molar-refractivity contribution in [3.05, 3.63) is 24.3 Å². The van der Waals surface area contributed by atoms with Crippen LogP contribution < -0.4 is 5.32 Å². The van der Waals surface area contributed by atoms with Gasteiger partial charge in [-0.15, -0.1) is 11.8 Å². The first-order valence-corrected chi connectivity index (χ1v) is 8.55. The Bertz CT molecular complexity index is 444. The fourth-order valence-electron chi connectivity index (χ4n) is 2.78. The summed E-state index contributed by atoms with van der Waals surface area (Å²) in [5, 5.41) is 2.99. The fraction of sp³-hybridized carbons (Fsp3) is 0.562. The minimum atomic E-state index is 0.0799. The maximum atomic E-state index is 12.1. The van der Waals surface area contributed by atoms with E-state index in [-0.39, 0.29) is 5.91 Å². The van der Waals surface area contributed by atoms with E-state index in [4.69, 9.17) is 0 Å². The van der Waals surface area contributed by atoms with Gasteiger partial charge in [-0.3, -0.25) is 9.69 Å². The monoisotopic (exact) mass is 292 g/mol. The smallest absolute Gasteiger partial charge is 0.238 e. The van der Waals surface area contributed by atoms with Crippen LogP contribution in [0.3, 0.4) is 0 Å². The molecule has 1 N–H and O–H groups in total. The standard InChI is InChI=1S/C16H24N2OS/c1-18(14-8-4-3-5-9-14)12-16(19)17-13-7-6-10-15(11-13)20-2/h6-7,10-11,14H,3-5,8-9,12H2,1-2H3,(H,17,19). The lowest BCUT2D eigenvalue weighted by Crippen LogP contribution is -2.39. The molecule has 0 bridgehead atoms. The fourth-order valence-corrected chi connectivity index (χ4v) is 3.24. The molecular formula is C16H24N2OS. The zero-order valence-electron chi connectivity index (χ0n) is 12.4. The summed E-state index contributed by atoms with van der Waals surface area (Å²) >= 11 is 1.68. The molecule has 1 aliphatic carbocycles. The molecular weight excluding hydrogens is 268 g/mol. The largest absolute Gasteiger partial charge is 0.325 e. The van der Waals surface area contributed by atoms with Crippen molar-refractivity contribution in [1.82, 2.24) is 4.90 Å². The molecule has 1 aromatic carbocycles. The van der Waals surface area contributed by atoms with Crippen LogP contribution in [0.2, 0.25) is 0 Å². The van der Waals surface area contributed by atoms with Gasteiger partial charge in [0.25, 0.3) is 0 Å². The predicted molar refractivity (Wildman–Crippen MR) is 86.4 cm³/mol. The Hall–Kier alpha value is -1.00. The molecule has 1 aromatic rings. The Labute approximate surface area is 126 Å². The summed E-state index contributed by atoms with van der Waals surface area (Å²) in [6.45, 7) is 0.480. The average molecular weight is 292 g/mol. The highest BCUT2D eigenvalue weighted by Crippen LogP contribution is 2.22. The second-order valence-electron chi connectivity index (χ2n) is 5.49. The molecule has 20 heavy (non-hydrogen) atoms. The maximum Gasteiger partial charge on any atom is 0.238 e. The van der Waals surface area contributed by atoms with Crippen molar-refractivity contribution < 1.29 is 4.79 Å². The third kappa shape index (κ3) is 4.53. The first kappa shape index (κ1) is 15.4. The van der Waals surface area contributed by atoms with Crippen LogP contribution >= 0.6 is 11.8 Å². The summed E-state index contributed by atoms with van der Waals surface area (Å²) in [5.41, 5.74) is 0.888. The number of benzene rings is 1. The van der Waals surface area contributed by atoms with E-state index in [1.165, 1.54) is 37.0 Å². The van der Waals surface area contributed by atoms with Crippen LogP contribution in [0.25, 0.3) is 0 Å². The van der Waals surface area contributed by atoms with Crippen molar-refractivity contribution in [3.63, 3.8) is 0 Å². The number of carbonyl (C=O) groups is 1. The SMILES string of the molecule is CSc1cccc(NC(=O)CN(C)C2CCCCC2)c1. The summed E-state index contributed by atoms with van der Waals surface area (Å²) < 4.78 is 0. The minimum absolute atomic E-state index is 0.0799. The van der Waals surface area contributed by atoms with Gasteiger partial charge in [-0.1, -0.05) is 25.3 Å². The van der Waals surface area contributed by atoms with Crippen molar-refractivity contribution in [1.29, 1.82) is 0 Å². The van der Waals surface area contributed by atoms with E-state index in [1.807, 2.05) is 24.5 Å². The van der Waals surface area contributed by atoms with Gasteiger partial charge in [-0.2, -0.15) is 0 Å². The molecule has 0 unspecified atom stereocenters. The molecule has 3 nitrogen and oxygen atoms in total. The quantitative estimate of drug-likeness (QED) is 0.841. The summed E-state index contributed by atoms with van der Waals surface area (Å²) in [6.07, 6.45) is 8.44. The Morgan fingerprint density at radius 3 is 2.80 bits per heavy atom. The molecule has 0 aromatic heterocycles. The van der Waals surface area contributed by atoms with Gasteiger partial charge in [-0.25, -0.2) is 0 Å². The van der Waals surface area contributed by atoms with Crippen LogP contribution in [0, 0.1) is 0 Å². The number of rotatable bonds is 5. The highest BCUT2D eigenvalue weighted by atomic mass is 32.2. The van der Waals surface area contributed by atoms with Crippen molar-refractivity contribution in [2.24, 2.45) is 0 Å². The molecule has 0 spiro atoms. The molecule has 0 atom stereocenters. The second-order valence-corrected chi connectivity index (χ2v) is 6.37. The topological polar surface area (TPSA) is 32.3 Å². The van der Waals surface area contributed by atoms with E-state index in [1.54, 1.807) is 11.8 Å². The Morgan fingerprint density at radius 1 is 1.35 bits per heavy atom. The molecule has 0 aliphatic heterocycles. The highest BCUT2D eigenvalue weighted by Gasteiger charge is 2.19. The van der Waals surface area contributed by atoms with E-state index in [0.717, 1.165) is 5.69 Å². The van der Waals surface area contributed by atoms with Crippen molar-refractivity contribution in [3.8, 4) is 0 Å². The second kappa shape index (κ2) is 7.70. The molecule has 1 amide bonds. The van der Waals surface area contributed by atoms with E-state index >= 15 is 0 Å². The number of nitrogens with one attached hydrogen (secondary N) is 1. The number of hydrogen-bond donors (Lipinski definition) is 1. The molecule has 1 fully saturated rings. The van der Waals surface area contributed by atoms with E-state index < -0.39 is 0 Å². The number of thioether (sulfide) groups is 1. The van der Waals surface area contributed by atoms with Crippen LogP contribution in [-0.2, 0) is 4.79 Å². The Balaban J connectivity index is 1.84. The molecule has 1 aliphatic rings. The van der Waals surface area contributed by atoms with Crippen LogP contribution in [0.5, 0.6) is 0 Å². The summed E-state index contributed by atoms with van der Waals surface area (Å²) in [7, 11) is 2.06. The summed E-state index contributed by atoms with van der Waals surface area (Å²) in [5.74, 6) is 0.0799. The van der Waals surface area contributed by atoms with Crippen LogP contribution in [-0.4, -0.2) is 36.7 Å². The molecule has 4 heteroatoms. The third-order valence-electron chi connectivity index (χ3n) is 3.94. The van der Waals surface area contributed by atoms with Gasteiger partial charge in [0.15, 0.2) is 0 Å². The zero-order chi connectivity index (χ0) is 14.4. The molecule has 0 heterocycles. The molecule has 0 radical (unpaired) electrons. The van der Waals surface area contributed by atoms with Crippen molar-refractivity contribution in [2.75, 3.05) is 25.2 Å². The number of hydrogen-bond acceptors (Lipinski definition) is 3. The Morgan fingerprint density at radius 2 is 2.10 bits per heavy atom. The Kier molecular flexibility index (Phi) is 5.92. The first-order valence-electron chi connectivity index (χ1n) is 7.33. The van der Waals surface area contributed by atoms with Gasteiger partial charge >= 0.3 is 0 Å². The minimum Gasteiger partial charge on any atom is -0.325 e. The lowest BCUT2D eigenvalue weighted by atomic mass is 9.94. The lowest BCUT2D eigenvalue weighted by molar-refractivity contribution is -0.117. The van der Waals surface area contributed by atoms with Gasteiger partial charge in [0.1, 0.15) is 0 Å². The molecule has 1 saturated carbocycles. The van der Waals surface area contributed by atoms with Gasteiger partial charge in [0.05, 0.1) is 6.54 Å². The third-order valence-corrected chi connectivity index (χ3v) is 4.67. The van der Waals surface area contributed by atoms with Crippen molar-refractivity contribution in [2.45, 2.75) is 43.0 Å². The van der Waals surface area contributed by atoms with Crippen molar-refractivity contribution >= 4 is 23.4 Å². The number of nitrogens with zero attached hydrogens (tertiary/aromatic N) is 1. The van der Waals surface area contributed by atoms with Gasteiger partial charge in [-0.05, 0) is 44.3 Å². The number of amides is 1. The first-order chi connectivity index (χ1) is 9.69. The van der Waals surface area contributed by atoms with Crippen LogP contribution in [0.15, 0.2) is 29.2 Å². The van der Waals surface area contributed by atoms with Crippen LogP contribution in [0.1, 0.15) is 32.1 Å². The molecule has 2 rings (SSSR count). The normalized spacial score (nSPS) is 16.4. The predicted octanol–water partition coefficient (Wildman–Crippen LogP) is 3.61. The van der Waals surface area contributed by atoms with E-state index in [0.29, 0.717) is 12.6 Å². The zero-order valence-corrected chi connectivity index (χ0v) is 13.2. The lowest BCUT2D eigenvalue weighted by Gasteiger charge is -2.30. The van der Waals surface area contributed by atoms with E-state index in [2.05, 4.69) is 23.3 Å². The van der Waals surface area contributed by atoms with Gasteiger partial charge in [0, 0.05) is 16.6 Å². The number of likely N-dealkylation sites (N-methyl/N-ethyl adjacent to an activating group) is 1. The number of carbonyl (C=O) groups excluding carboxylic acids is 1. The van der Waals surface area contributed by atoms with E-state index in [9.17, 15) is 4.79 Å². The highest BCUT2D eigenvalue weighted by molar-refractivity contribution is 7.98. The van der Waals surface area contributed by atoms with Gasteiger partial charge in [0.2, 0.25) is 5.91 Å². The average Bonchev–Trinajstić information content (AvgIpc) is 2.48. The molecule has 110 valence electrons. The summed E-state index contributed by atoms with van der Waals surface area (Å²) in [6, 6.07) is 8.56. The van der Waals surface area contributed by atoms with Gasteiger partial charge < -0.3 is 5.32 Å². The number of anilines is 1. The maximum absolute atomic E-state index is 12.1. The molecule has 0 saturated heterocycles.